The molecule has 1 aliphatic rings. The van der Waals surface area contributed by atoms with Gasteiger partial charge in [0.1, 0.15) is 11.5 Å². The summed E-state index contributed by atoms with van der Waals surface area (Å²) in [6.45, 7) is 6.62. The van der Waals surface area contributed by atoms with Crippen molar-refractivity contribution in [2.24, 2.45) is 0 Å². The van der Waals surface area contributed by atoms with Crippen molar-refractivity contribution in [2.45, 2.75) is 25.9 Å². The normalized spacial score (nSPS) is 15.6. The number of tetrazole rings is 1. The van der Waals surface area contributed by atoms with Crippen molar-refractivity contribution < 1.29 is 9.47 Å². The Morgan fingerprint density at radius 1 is 0.935 bits per heavy atom. The molecule has 0 aliphatic carbocycles. The molecule has 8 heteroatoms. The number of anilines is 1. The van der Waals surface area contributed by atoms with Crippen LogP contribution in [0.2, 0.25) is 0 Å². The van der Waals surface area contributed by atoms with Gasteiger partial charge in [0.15, 0.2) is 5.82 Å². The number of hydrogen-bond donors (Lipinski definition) is 0. The molecule has 1 saturated heterocycles. The van der Waals surface area contributed by atoms with Gasteiger partial charge in [-0.05, 0) is 46.7 Å². The van der Waals surface area contributed by atoms with Crippen molar-refractivity contribution in [1.29, 1.82) is 0 Å². The van der Waals surface area contributed by atoms with Crippen molar-refractivity contribution in [3.63, 3.8) is 0 Å². The predicted molar refractivity (Wildman–Crippen MR) is 120 cm³/mol. The summed E-state index contributed by atoms with van der Waals surface area (Å²) >= 11 is 0. The number of hydrogen-bond acceptors (Lipinski definition) is 7. The number of benzene rings is 2. The van der Waals surface area contributed by atoms with Crippen LogP contribution in [0.25, 0.3) is 0 Å². The third-order valence-corrected chi connectivity index (χ3v) is 5.92. The Labute approximate surface area is 183 Å². The van der Waals surface area contributed by atoms with Gasteiger partial charge in [0, 0.05) is 26.2 Å². The summed E-state index contributed by atoms with van der Waals surface area (Å²) in [5.74, 6) is 2.69. The molecule has 0 spiro atoms. The van der Waals surface area contributed by atoms with E-state index in [-0.39, 0.29) is 6.04 Å². The van der Waals surface area contributed by atoms with Crippen molar-refractivity contribution in [2.75, 3.05) is 45.3 Å². The van der Waals surface area contributed by atoms with Crippen molar-refractivity contribution in [3.05, 3.63) is 59.9 Å². The average molecular weight is 423 g/mol. The van der Waals surface area contributed by atoms with Crippen LogP contribution in [0.1, 0.15) is 30.8 Å². The van der Waals surface area contributed by atoms with Crippen LogP contribution in [0.3, 0.4) is 0 Å². The summed E-state index contributed by atoms with van der Waals surface area (Å²) in [7, 11) is 3.40. The number of piperazine rings is 1. The fourth-order valence-corrected chi connectivity index (χ4v) is 4.24. The molecule has 0 N–H and O–H groups in total. The van der Waals surface area contributed by atoms with Crippen LogP contribution in [0.5, 0.6) is 11.5 Å². The van der Waals surface area contributed by atoms with Crippen LogP contribution >= 0.6 is 0 Å². The summed E-state index contributed by atoms with van der Waals surface area (Å²) in [5.41, 5.74) is 2.30. The summed E-state index contributed by atoms with van der Waals surface area (Å²) in [6, 6.07) is 16.4. The fraction of sp³-hybridized carbons (Fsp3) is 0.435. The Bertz CT molecular complexity index is 966. The van der Waals surface area contributed by atoms with Gasteiger partial charge in [-0.1, -0.05) is 31.2 Å². The molecule has 8 nitrogen and oxygen atoms in total. The lowest BCUT2D eigenvalue weighted by atomic mass is 10.1. The first-order valence-electron chi connectivity index (χ1n) is 10.7. The minimum atomic E-state index is 0.188. The van der Waals surface area contributed by atoms with Gasteiger partial charge in [0.25, 0.3) is 0 Å². The van der Waals surface area contributed by atoms with Gasteiger partial charge in [-0.15, -0.1) is 5.10 Å². The molecule has 0 radical (unpaired) electrons. The smallest absolute Gasteiger partial charge is 0.168 e. The first-order chi connectivity index (χ1) is 15.2. The second kappa shape index (κ2) is 9.78. The molecule has 4 rings (SSSR count). The Hall–Kier alpha value is -3.13. The predicted octanol–water partition coefficient (Wildman–Crippen LogP) is 3.01. The van der Waals surface area contributed by atoms with E-state index in [1.54, 1.807) is 14.2 Å². The molecule has 31 heavy (non-hydrogen) atoms. The third kappa shape index (κ3) is 4.64. The molecule has 1 aliphatic heterocycles. The molecule has 2 aromatic carbocycles. The summed E-state index contributed by atoms with van der Waals surface area (Å²) in [6.07, 6.45) is 0.956. The summed E-state index contributed by atoms with van der Waals surface area (Å²) in [4.78, 5) is 4.88. The van der Waals surface area contributed by atoms with Gasteiger partial charge in [-0.25, -0.2) is 4.68 Å². The van der Waals surface area contributed by atoms with Crippen molar-refractivity contribution >= 4 is 5.69 Å². The number of aromatic nitrogens is 4. The maximum absolute atomic E-state index is 5.55. The van der Waals surface area contributed by atoms with Gasteiger partial charge < -0.3 is 14.4 Å². The molecule has 0 amide bonds. The molecular formula is C23H30N6O2. The molecule has 164 valence electrons. The minimum Gasteiger partial charge on any atom is -0.497 e. The molecule has 1 atom stereocenters. The third-order valence-electron chi connectivity index (χ3n) is 5.92. The van der Waals surface area contributed by atoms with Crippen LogP contribution in [-0.4, -0.2) is 65.5 Å². The van der Waals surface area contributed by atoms with E-state index in [9.17, 15) is 0 Å². The molecular weight excluding hydrogens is 392 g/mol. The number of ether oxygens (including phenoxy) is 2. The van der Waals surface area contributed by atoms with Gasteiger partial charge in [-0.2, -0.15) is 0 Å². The largest absolute Gasteiger partial charge is 0.497 e. The lowest BCUT2D eigenvalue weighted by Gasteiger charge is -2.39. The summed E-state index contributed by atoms with van der Waals surface area (Å²) < 4.78 is 12.7. The fourth-order valence-electron chi connectivity index (χ4n) is 4.24. The van der Waals surface area contributed by atoms with E-state index < -0.39 is 0 Å². The van der Waals surface area contributed by atoms with Crippen LogP contribution in [0.15, 0.2) is 48.5 Å². The highest BCUT2D eigenvalue weighted by Crippen LogP contribution is 2.30. The standard InChI is InChI=1S/C23H30N6O2/c1-4-20(23-24-25-26-29(23)17-18-9-11-19(30-2)12-10-18)27-13-15-28(16-14-27)21-7-5-6-8-22(21)31-3/h5-12,20H,4,13-17H2,1-3H3/t20-/m0/s1. The SMILES string of the molecule is CC[C@@H](c1nnnn1Cc1ccc(OC)cc1)N1CCN(c2ccccc2OC)CC1. The number of nitrogens with zero attached hydrogens (tertiary/aromatic N) is 6. The van der Waals surface area contributed by atoms with E-state index in [0.717, 1.165) is 61.2 Å². The highest BCUT2D eigenvalue weighted by Gasteiger charge is 2.28. The first-order valence-corrected chi connectivity index (χ1v) is 10.7. The molecule has 1 aromatic heterocycles. The Morgan fingerprint density at radius 3 is 2.35 bits per heavy atom. The van der Waals surface area contributed by atoms with E-state index in [2.05, 4.69) is 56.5 Å². The quantitative estimate of drug-likeness (QED) is 0.553. The lowest BCUT2D eigenvalue weighted by molar-refractivity contribution is 0.169. The number of methoxy groups -OCH3 is 2. The first kappa shape index (κ1) is 21.1. The second-order valence-electron chi connectivity index (χ2n) is 7.66. The summed E-state index contributed by atoms with van der Waals surface area (Å²) in [5, 5.41) is 12.7. The molecule has 0 bridgehead atoms. The van der Waals surface area contributed by atoms with E-state index in [4.69, 9.17) is 9.47 Å². The van der Waals surface area contributed by atoms with Gasteiger partial charge in [0.2, 0.25) is 0 Å². The maximum atomic E-state index is 5.55. The zero-order chi connectivity index (χ0) is 21.6. The topological polar surface area (TPSA) is 68.5 Å². The highest BCUT2D eigenvalue weighted by molar-refractivity contribution is 5.58. The van der Waals surface area contributed by atoms with E-state index in [1.807, 2.05) is 28.9 Å². The monoisotopic (exact) mass is 422 g/mol. The Kier molecular flexibility index (Phi) is 6.66. The Morgan fingerprint density at radius 2 is 1.68 bits per heavy atom. The van der Waals surface area contributed by atoms with E-state index in [0.29, 0.717) is 6.54 Å². The molecule has 0 unspecified atom stereocenters. The van der Waals surface area contributed by atoms with Crippen LogP contribution in [0, 0.1) is 0 Å². The maximum Gasteiger partial charge on any atom is 0.168 e. The Balaban J connectivity index is 1.45. The van der Waals surface area contributed by atoms with E-state index >= 15 is 0 Å². The molecule has 1 fully saturated rings. The van der Waals surface area contributed by atoms with Crippen molar-refractivity contribution in [3.8, 4) is 11.5 Å². The zero-order valence-electron chi connectivity index (χ0n) is 18.4. The van der Waals surface area contributed by atoms with Crippen LogP contribution in [-0.2, 0) is 6.54 Å². The average Bonchev–Trinajstić information content (AvgIpc) is 3.28. The highest BCUT2D eigenvalue weighted by atomic mass is 16.5. The van der Waals surface area contributed by atoms with Gasteiger partial charge in [-0.3, -0.25) is 4.90 Å². The van der Waals surface area contributed by atoms with Crippen LogP contribution < -0.4 is 14.4 Å². The lowest BCUT2D eigenvalue weighted by Crippen LogP contribution is -2.48. The van der Waals surface area contributed by atoms with Crippen molar-refractivity contribution in [1.82, 2.24) is 25.1 Å². The van der Waals surface area contributed by atoms with Gasteiger partial charge in [0.05, 0.1) is 32.5 Å². The molecule has 3 aromatic rings. The number of para-hydroxylation sites is 2. The minimum absolute atomic E-state index is 0.188. The zero-order valence-corrected chi connectivity index (χ0v) is 18.4. The van der Waals surface area contributed by atoms with Crippen LogP contribution in [0.4, 0.5) is 5.69 Å². The van der Waals surface area contributed by atoms with E-state index in [1.165, 1.54) is 0 Å². The number of rotatable bonds is 8. The van der Waals surface area contributed by atoms with Gasteiger partial charge >= 0.3 is 0 Å². The molecule has 2 heterocycles. The second-order valence-corrected chi connectivity index (χ2v) is 7.66. The molecule has 0 saturated carbocycles.